The van der Waals surface area contributed by atoms with E-state index < -0.39 is 0 Å². The minimum absolute atomic E-state index is 0.375. The Kier molecular flexibility index (Phi) is 0.0679. The van der Waals surface area contributed by atoms with Crippen LogP contribution < -0.4 is 5.53 Å². The summed E-state index contributed by atoms with van der Waals surface area (Å²) in [6.45, 7) is 0. The van der Waals surface area contributed by atoms with E-state index >= 15 is 0 Å². The molecule has 0 spiro atoms. The van der Waals surface area contributed by atoms with Crippen LogP contribution in [-0.2, 0) is 0 Å². The van der Waals surface area contributed by atoms with Crippen LogP contribution in [0.15, 0.2) is 5.22 Å². The Morgan fingerprint density at radius 1 is 2.00 bits per heavy atom. The highest BCUT2D eigenvalue weighted by molar-refractivity contribution is 3.99. The van der Waals surface area contributed by atoms with Crippen molar-refractivity contribution in [3.8, 4) is 0 Å². The summed E-state index contributed by atoms with van der Waals surface area (Å²) in [4.78, 5) is 0.375. The summed E-state index contributed by atoms with van der Waals surface area (Å²) < 4.78 is 0. The lowest BCUT2D eigenvalue weighted by Gasteiger charge is -1.62. The van der Waals surface area contributed by atoms with Gasteiger partial charge < -0.3 is 5.21 Å². The van der Waals surface area contributed by atoms with Crippen LogP contribution >= 0.6 is 0 Å². The molecule has 0 atom stereocenters. The van der Waals surface area contributed by atoms with Gasteiger partial charge in [0.1, 0.15) is 0 Å². The lowest BCUT2D eigenvalue weighted by Crippen LogP contribution is -1.82. The molecule has 1 aliphatic heterocycles. The summed E-state index contributed by atoms with van der Waals surface area (Å²) in [6.07, 6.45) is 0. The molecule has 0 saturated heterocycles. The van der Waals surface area contributed by atoms with Gasteiger partial charge in [-0.1, -0.05) is 0 Å². The quantitative estimate of drug-likeness (QED) is 0.298. The molecule has 1 N–H and O–H groups in total. The lowest BCUT2D eigenvalue weighted by molar-refractivity contribution is -0.429. The normalized spacial score (nSPS) is 17.5. The van der Waals surface area contributed by atoms with Gasteiger partial charge in [0.25, 0.3) is 0 Å². The second-order valence-corrected chi connectivity index (χ2v) is 0.473. The van der Waals surface area contributed by atoms with Gasteiger partial charge in [0.15, 0.2) is 0 Å². The Morgan fingerprint density at radius 3 is 2.25 bits per heavy atom. The van der Waals surface area contributed by atoms with Crippen LogP contribution in [0.3, 0.4) is 0 Å². The highest BCUT2D eigenvalue weighted by atomic mass is 16.6. The first-order valence-electron chi connectivity index (χ1n) is 0.830. The van der Waals surface area contributed by atoms with Crippen molar-refractivity contribution in [2.45, 2.75) is 0 Å². The molecule has 0 aliphatic carbocycles. The maximum Gasteiger partial charge on any atom is 0.235 e. The Balaban J connectivity index is 2.54. The molecule has 1 heterocycles. The first kappa shape index (κ1) is 1.51. The van der Waals surface area contributed by atoms with Crippen molar-refractivity contribution in [1.29, 1.82) is 0 Å². The number of nitrogens with zero attached hydrogens (tertiary/aromatic N) is 2. The SMILES string of the molecule is [O-][N+]1=NN1. The molecule has 0 fully saturated rings. The second kappa shape index (κ2) is 0.180. The van der Waals surface area contributed by atoms with Crippen LogP contribution in [0.5, 0.6) is 0 Å². The predicted octanol–water partition coefficient (Wildman–Crippen LogP) is -0.618. The minimum Gasteiger partial charge on any atom is -0.681 e. The number of rotatable bonds is 0. The number of hydrogen-bond donors (Lipinski definition) is 1. The lowest BCUT2D eigenvalue weighted by atomic mass is 12.8. The second-order valence-electron chi connectivity index (χ2n) is 0.473. The zero-order valence-electron chi connectivity index (χ0n) is 1.80. The summed E-state index contributed by atoms with van der Waals surface area (Å²) in [6, 6.07) is 0. The average molecular weight is 59.0 g/mol. The fourth-order valence-electron chi connectivity index (χ4n) is 0.0183. The molecule has 0 aromatic carbocycles. The molecule has 0 bridgehead atoms. The number of hydrazine groups is 1. The molecule has 4 heavy (non-hydrogen) atoms. The van der Waals surface area contributed by atoms with E-state index in [4.69, 9.17) is 0 Å². The standard InChI is InChI=1S/HN3O/c4-3-1-2-3/h(H,1,2). The van der Waals surface area contributed by atoms with Crippen molar-refractivity contribution in [1.82, 2.24) is 5.53 Å². The fourth-order valence-corrected chi connectivity index (χ4v) is 0.0183. The van der Waals surface area contributed by atoms with E-state index in [9.17, 15) is 5.21 Å². The average Bonchev–Trinajstić information content (AvgIpc) is 1.75. The Hall–Kier alpha value is -0.800. The fraction of sp³-hybridized carbons (Fsp3) is 0. The molecule has 0 radical (unpaired) electrons. The molecule has 0 amide bonds. The van der Waals surface area contributed by atoms with E-state index in [0.717, 1.165) is 0 Å². The molecule has 0 unspecified atom stereocenters. The predicted molar refractivity (Wildman–Crippen MR) is 9.19 cm³/mol. The largest absolute Gasteiger partial charge is 0.681 e. The Labute approximate surface area is 22.3 Å². The third kappa shape index (κ3) is 0.00992. The third-order valence-electron chi connectivity index (χ3n) is 0.182. The summed E-state index contributed by atoms with van der Waals surface area (Å²) >= 11 is 0. The van der Waals surface area contributed by atoms with E-state index in [1.54, 1.807) is 0 Å². The summed E-state index contributed by atoms with van der Waals surface area (Å²) in [5.41, 5.74) is 2.00. The zero-order valence-corrected chi connectivity index (χ0v) is 1.80. The Bertz CT molecular complexity index is 54.3. The van der Waals surface area contributed by atoms with Crippen molar-refractivity contribution in [3.05, 3.63) is 5.21 Å². The first-order chi connectivity index (χ1) is 1.89. The van der Waals surface area contributed by atoms with Gasteiger partial charge in [0.05, 0.1) is 4.97 Å². The molecule has 4 heteroatoms. The molecule has 1 rings (SSSR count). The van der Waals surface area contributed by atoms with Crippen LogP contribution in [0.25, 0.3) is 0 Å². The van der Waals surface area contributed by atoms with E-state index in [-0.39, 0.29) is 0 Å². The summed E-state index contributed by atoms with van der Waals surface area (Å²) in [7, 11) is 0. The molecule has 4 nitrogen and oxygen atoms in total. The maximum atomic E-state index is 9.19. The van der Waals surface area contributed by atoms with Crippen LogP contribution in [0.4, 0.5) is 0 Å². The highest BCUT2D eigenvalue weighted by Crippen LogP contribution is 1.74. The molecule has 0 saturated carbocycles. The topological polar surface area (TPSA) is 60.4 Å². The van der Waals surface area contributed by atoms with Crippen molar-refractivity contribution < 1.29 is 4.97 Å². The molecular weight excluding hydrogens is 58.0 g/mol. The van der Waals surface area contributed by atoms with Gasteiger partial charge in [0, 0.05) is 5.53 Å². The van der Waals surface area contributed by atoms with Gasteiger partial charge >= 0.3 is 0 Å². The number of nitrogens with one attached hydrogen (secondary N) is 1. The summed E-state index contributed by atoms with van der Waals surface area (Å²) in [5, 5.41) is 12.1. The van der Waals surface area contributed by atoms with Crippen LogP contribution in [0, 0.1) is 5.21 Å². The molecule has 0 aromatic heterocycles. The Morgan fingerprint density at radius 2 is 2.25 bits per heavy atom. The zero-order chi connectivity index (χ0) is 2.99. The van der Waals surface area contributed by atoms with E-state index in [1.807, 2.05) is 5.53 Å². The monoisotopic (exact) mass is 59.0 g/mol. The van der Waals surface area contributed by atoms with Crippen LogP contribution in [-0.4, -0.2) is 4.97 Å². The van der Waals surface area contributed by atoms with Crippen LogP contribution in [0.1, 0.15) is 0 Å². The van der Waals surface area contributed by atoms with Crippen molar-refractivity contribution in [2.75, 3.05) is 0 Å². The first-order valence-corrected chi connectivity index (χ1v) is 0.830. The summed E-state index contributed by atoms with van der Waals surface area (Å²) in [5.74, 6) is 0. The minimum atomic E-state index is 0.375. The van der Waals surface area contributed by atoms with E-state index in [2.05, 4.69) is 5.22 Å². The smallest absolute Gasteiger partial charge is 0.235 e. The van der Waals surface area contributed by atoms with E-state index in [0.29, 0.717) is 4.97 Å². The van der Waals surface area contributed by atoms with E-state index in [1.165, 1.54) is 0 Å². The van der Waals surface area contributed by atoms with Gasteiger partial charge in [-0.05, 0) is 0 Å². The van der Waals surface area contributed by atoms with Crippen LogP contribution in [0.2, 0.25) is 0 Å². The van der Waals surface area contributed by atoms with Gasteiger partial charge in [-0.15, -0.1) is 0 Å². The van der Waals surface area contributed by atoms with Gasteiger partial charge in [0.2, 0.25) is 5.22 Å². The molecule has 1 aliphatic rings. The van der Waals surface area contributed by atoms with Gasteiger partial charge in [-0.25, -0.2) is 0 Å². The number of hydrogen-bond acceptors (Lipinski definition) is 3. The molecule has 22 valence electrons. The van der Waals surface area contributed by atoms with Crippen molar-refractivity contribution >= 4 is 0 Å². The third-order valence-corrected chi connectivity index (χ3v) is 0.182. The van der Waals surface area contributed by atoms with Crippen molar-refractivity contribution in [3.63, 3.8) is 0 Å². The molecular formula is HN3O. The van der Waals surface area contributed by atoms with Crippen molar-refractivity contribution in [2.24, 2.45) is 5.22 Å². The van der Waals surface area contributed by atoms with Gasteiger partial charge in [-0.3, -0.25) is 0 Å². The maximum absolute atomic E-state index is 9.19. The van der Waals surface area contributed by atoms with Gasteiger partial charge in [-0.2, -0.15) is 0 Å². The highest BCUT2D eigenvalue weighted by Gasteiger charge is 2.04. The molecule has 0 aromatic rings.